The standard InChI is InChI=1S/C14H16ClF3N2.2ClH/c1-2-13(20-7-5-19-6-8-20)11-4-3-10(15)9-12(11)14(16,17)18;;/h2-4,9,13,19H,1,5-8H2;2*1H/t13-;;/m0../s1. The van der Waals surface area contributed by atoms with Crippen LogP contribution in [0.3, 0.4) is 0 Å². The van der Waals surface area contributed by atoms with Crippen LogP contribution < -0.4 is 5.32 Å². The van der Waals surface area contributed by atoms with Gasteiger partial charge >= 0.3 is 6.18 Å². The highest BCUT2D eigenvalue weighted by Crippen LogP contribution is 2.38. The van der Waals surface area contributed by atoms with Crippen molar-refractivity contribution >= 4 is 36.4 Å². The van der Waals surface area contributed by atoms with Crippen molar-refractivity contribution in [3.63, 3.8) is 0 Å². The number of alkyl halides is 3. The van der Waals surface area contributed by atoms with E-state index in [1.807, 2.05) is 4.90 Å². The van der Waals surface area contributed by atoms with Gasteiger partial charge in [-0.1, -0.05) is 23.7 Å². The van der Waals surface area contributed by atoms with E-state index in [0.717, 1.165) is 19.2 Å². The molecule has 0 aliphatic carbocycles. The Balaban J connectivity index is 0.00000220. The molecule has 1 saturated heterocycles. The van der Waals surface area contributed by atoms with Gasteiger partial charge in [0, 0.05) is 31.2 Å². The second-order valence-electron chi connectivity index (χ2n) is 4.70. The number of benzene rings is 1. The highest BCUT2D eigenvalue weighted by Gasteiger charge is 2.36. The molecule has 0 amide bonds. The van der Waals surface area contributed by atoms with E-state index in [9.17, 15) is 13.2 Å². The molecule has 1 heterocycles. The summed E-state index contributed by atoms with van der Waals surface area (Å²) in [7, 11) is 0. The van der Waals surface area contributed by atoms with Crippen molar-refractivity contribution in [1.29, 1.82) is 0 Å². The van der Waals surface area contributed by atoms with E-state index in [1.54, 1.807) is 6.08 Å². The average Bonchev–Trinajstić information content (AvgIpc) is 2.41. The molecule has 2 rings (SSSR count). The fraction of sp³-hybridized carbons (Fsp3) is 0.429. The molecular formula is C14H18Cl3F3N2. The zero-order valence-electron chi connectivity index (χ0n) is 11.7. The zero-order valence-corrected chi connectivity index (χ0v) is 14.1. The van der Waals surface area contributed by atoms with Crippen LogP contribution in [0.25, 0.3) is 0 Å². The lowest BCUT2D eigenvalue weighted by Gasteiger charge is -2.34. The van der Waals surface area contributed by atoms with Crippen LogP contribution in [-0.4, -0.2) is 31.1 Å². The highest BCUT2D eigenvalue weighted by molar-refractivity contribution is 6.30. The second kappa shape index (κ2) is 8.99. The Morgan fingerprint density at radius 2 is 1.82 bits per heavy atom. The van der Waals surface area contributed by atoms with Crippen molar-refractivity contribution in [3.8, 4) is 0 Å². The van der Waals surface area contributed by atoms with Gasteiger partial charge < -0.3 is 5.32 Å². The molecule has 1 aliphatic heterocycles. The van der Waals surface area contributed by atoms with Crippen molar-refractivity contribution in [2.75, 3.05) is 26.2 Å². The summed E-state index contributed by atoms with van der Waals surface area (Å²) < 4.78 is 39.5. The molecule has 1 aromatic rings. The summed E-state index contributed by atoms with van der Waals surface area (Å²) in [5.41, 5.74) is -0.479. The molecular weight excluding hydrogens is 360 g/mol. The van der Waals surface area contributed by atoms with Gasteiger partial charge in [0.05, 0.1) is 11.6 Å². The SMILES string of the molecule is C=C[C@@H](c1ccc(Cl)cc1C(F)(F)F)N1CCNCC1.Cl.Cl. The summed E-state index contributed by atoms with van der Waals surface area (Å²) in [6.45, 7) is 6.60. The number of hydrogen-bond donors (Lipinski definition) is 1. The summed E-state index contributed by atoms with van der Waals surface area (Å²) in [5, 5.41) is 3.27. The largest absolute Gasteiger partial charge is 0.416 e. The van der Waals surface area contributed by atoms with Crippen molar-refractivity contribution in [3.05, 3.63) is 47.0 Å². The Kier molecular flexibility index (Phi) is 8.80. The lowest BCUT2D eigenvalue weighted by Crippen LogP contribution is -2.45. The molecule has 0 radical (unpaired) electrons. The average molecular weight is 378 g/mol. The number of nitrogens with zero attached hydrogens (tertiary/aromatic N) is 1. The zero-order chi connectivity index (χ0) is 14.8. The molecule has 0 saturated carbocycles. The van der Waals surface area contributed by atoms with Crippen molar-refractivity contribution in [1.82, 2.24) is 10.2 Å². The van der Waals surface area contributed by atoms with Crippen LogP contribution in [0.1, 0.15) is 17.2 Å². The smallest absolute Gasteiger partial charge is 0.314 e. The molecule has 1 fully saturated rings. The van der Waals surface area contributed by atoms with E-state index in [-0.39, 0.29) is 35.4 Å². The maximum Gasteiger partial charge on any atom is 0.416 e. The van der Waals surface area contributed by atoms with Crippen molar-refractivity contribution < 1.29 is 13.2 Å². The van der Waals surface area contributed by atoms with Crippen LogP contribution in [-0.2, 0) is 6.18 Å². The van der Waals surface area contributed by atoms with Crippen LogP contribution in [0.15, 0.2) is 30.9 Å². The first-order valence-electron chi connectivity index (χ1n) is 6.37. The lowest BCUT2D eigenvalue weighted by atomic mass is 9.98. The van der Waals surface area contributed by atoms with Gasteiger partial charge in [-0.05, 0) is 17.7 Å². The first kappa shape index (κ1) is 21.5. The minimum absolute atomic E-state index is 0. The molecule has 0 bridgehead atoms. The third-order valence-corrected chi connectivity index (χ3v) is 3.64. The Morgan fingerprint density at radius 1 is 1.23 bits per heavy atom. The fourth-order valence-corrected chi connectivity index (χ4v) is 2.64. The normalized spacial score (nSPS) is 17.1. The first-order valence-corrected chi connectivity index (χ1v) is 6.75. The molecule has 1 aliphatic rings. The van der Waals surface area contributed by atoms with E-state index in [2.05, 4.69) is 11.9 Å². The van der Waals surface area contributed by atoms with E-state index in [1.165, 1.54) is 12.1 Å². The quantitative estimate of drug-likeness (QED) is 0.789. The minimum Gasteiger partial charge on any atom is -0.314 e. The summed E-state index contributed by atoms with van der Waals surface area (Å²) in [6, 6.07) is 3.46. The summed E-state index contributed by atoms with van der Waals surface area (Å²) in [6.07, 6.45) is -2.86. The number of piperazine rings is 1. The van der Waals surface area contributed by atoms with E-state index >= 15 is 0 Å². The molecule has 8 heteroatoms. The van der Waals surface area contributed by atoms with E-state index in [4.69, 9.17) is 11.6 Å². The van der Waals surface area contributed by atoms with Crippen molar-refractivity contribution in [2.45, 2.75) is 12.2 Å². The third-order valence-electron chi connectivity index (χ3n) is 3.41. The van der Waals surface area contributed by atoms with E-state index in [0.29, 0.717) is 13.1 Å². The van der Waals surface area contributed by atoms with Crippen LogP contribution in [0.4, 0.5) is 13.2 Å². The number of rotatable bonds is 3. The molecule has 1 aromatic carbocycles. The predicted octanol–water partition coefficient (Wildman–Crippen LogP) is 4.33. The molecule has 2 nitrogen and oxygen atoms in total. The van der Waals surface area contributed by atoms with Crippen molar-refractivity contribution in [2.24, 2.45) is 0 Å². The molecule has 22 heavy (non-hydrogen) atoms. The molecule has 1 atom stereocenters. The van der Waals surface area contributed by atoms with Gasteiger partial charge in [0.2, 0.25) is 0 Å². The highest BCUT2D eigenvalue weighted by atomic mass is 35.5. The number of nitrogens with one attached hydrogen (secondary N) is 1. The number of halogens is 6. The predicted molar refractivity (Wildman–Crippen MR) is 88.3 cm³/mol. The van der Waals surface area contributed by atoms with Gasteiger partial charge in [0.25, 0.3) is 0 Å². The van der Waals surface area contributed by atoms with Gasteiger partial charge in [0.1, 0.15) is 0 Å². The van der Waals surface area contributed by atoms with Gasteiger partial charge in [0.15, 0.2) is 0 Å². The van der Waals surface area contributed by atoms with Crippen LogP contribution >= 0.6 is 36.4 Å². The topological polar surface area (TPSA) is 15.3 Å². The second-order valence-corrected chi connectivity index (χ2v) is 5.13. The fourth-order valence-electron chi connectivity index (χ4n) is 2.46. The summed E-state index contributed by atoms with van der Waals surface area (Å²) in [5.74, 6) is 0. The molecule has 0 unspecified atom stereocenters. The summed E-state index contributed by atoms with van der Waals surface area (Å²) in [4.78, 5) is 1.99. The Hall–Kier alpha value is -0.460. The van der Waals surface area contributed by atoms with E-state index < -0.39 is 17.8 Å². The first-order chi connectivity index (χ1) is 9.43. The van der Waals surface area contributed by atoms with Crippen LogP contribution in [0.5, 0.6) is 0 Å². The summed E-state index contributed by atoms with van der Waals surface area (Å²) >= 11 is 5.71. The molecule has 0 aromatic heterocycles. The van der Waals surface area contributed by atoms with Gasteiger partial charge in [-0.15, -0.1) is 31.4 Å². The molecule has 0 spiro atoms. The molecule has 126 valence electrons. The Labute approximate surface area is 145 Å². The monoisotopic (exact) mass is 376 g/mol. The van der Waals surface area contributed by atoms with Gasteiger partial charge in [-0.25, -0.2) is 0 Å². The number of hydrogen-bond acceptors (Lipinski definition) is 2. The van der Waals surface area contributed by atoms with Gasteiger partial charge in [-0.2, -0.15) is 13.2 Å². The minimum atomic E-state index is -4.42. The third kappa shape index (κ3) is 5.03. The van der Waals surface area contributed by atoms with Crippen LogP contribution in [0.2, 0.25) is 5.02 Å². The molecule has 1 N–H and O–H groups in total. The lowest BCUT2D eigenvalue weighted by molar-refractivity contribution is -0.138. The van der Waals surface area contributed by atoms with Crippen LogP contribution in [0, 0.1) is 0 Å². The maximum atomic E-state index is 13.2. The maximum absolute atomic E-state index is 13.2. The Morgan fingerprint density at radius 3 is 2.32 bits per heavy atom. The van der Waals surface area contributed by atoms with Gasteiger partial charge in [-0.3, -0.25) is 4.90 Å². The Bertz CT molecular complexity index is 489.